The van der Waals surface area contributed by atoms with Gasteiger partial charge >= 0.3 is 12.8 Å². The molecule has 0 saturated carbocycles. The first-order chi connectivity index (χ1) is 6.39. The minimum Gasteiger partial charge on any atom is -0.433 e. The van der Waals surface area contributed by atoms with Gasteiger partial charge in [0.2, 0.25) is 0 Å². The standard InChI is InChI=1S/C7H4F5NO/c8-6(9)14-4-1-2-5(13-3-4)7(10,11)12/h1-3,6H. The summed E-state index contributed by atoms with van der Waals surface area (Å²) in [5.74, 6) is -0.409. The molecule has 0 fully saturated rings. The van der Waals surface area contributed by atoms with E-state index in [9.17, 15) is 22.0 Å². The molecule has 0 aliphatic rings. The van der Waals surface area contributed by atoms with Crippen LogP contribution in [0.3, 0.4) is 0 Å². The second-order valence-corrected chi connectivity index (χ2v) is 2.26. The average Bonchev–Trinajstić information content (AvgIpc) is 2.02. The SMILES string of the molecule is FC(F)Oc1ccc(C(F)(F)F)nc1. The fourth-order valence-corrected chi connectivity index (χ4v) is 0.721. The van der Waals surface area contributed by atoms with Crippen molar-refractivity contribution in [2.45, 2.75) is 12.8 Å². The highest BCUT2D eigenvalue weighted by Gasteiger charge is 2.32. The van der Waals surface area contributed by atoms with E-state index in [1.54, 1.807) is 0 Å². The molecule has 0 bridgehead atoms. The Labute approximate surface area is 75.3 Å². The van der Waals surface area contributed by atoms with Crippen molar-refractivity contribution in [2.24, 2.45) is 0 Å². The first kappa shape index (κ1) is 10.7. The summed E-state index contributed by atoms with van der Waals surface area (Å²) in [7, 11) is 0. The maximum atomic E-state index is 11.9. The first-order valence-electron chi connectivity index (χ1n) is 3.37. The fourth-order valence-electron chi connectivity index (χ4n) is 0.721. The van der Waals surface area contributed by atoms with Crippen molar-refractivity contribution in [1.82, 2.24) is 4.98 Å². The maximum Gasteiger partial charge on any atom is 0.433 e. The van der Waals surface area contributed by atoms with E-state index in [1.807, 2.05) is 0 Å². The number of hydrogen-bond acceptors (Lipinski definition) is 2. The minimum atomic E-state index is -4.58. The van der Waals surface area contributed by atoms with Crippen molar-refractivity contribution in [3.63, 3.8) is 0 Å². The van der Waals surface area contributed by atoms with Gasteiger partial charge in [-0.2, -0.15) is 22.0 Å². The molecule has 0 saturated heterocycles. The fraction of sp³-hybridized carbons (Fsp3) is 0.286. The summed E-state index contributed by atoms with van der Waals surface area (Å²) in [6.45, 7) is -3.08. The third-order valence-electron chi connectivity index (χ3n) is 1.25. The van der Waals surface area contributed by atoms with Gasteiger partial charge in [-0.1, -0.05) is 0 Å². The van der Waals surface area contributed by atoms with Crippen LogP contribution in [-0.4, -0.2) is 11.6 Å². The number of ether oxygens (including phenoxy) is 1. The number of hydrogen-bond donors (Lipinski definition) is 0. The minimum absolute atomic E-state index is 0.409. The molecule has 0 aliphatic heterocycles. The number of halogens is 5. The number of pyridine rings is 1. The van der Waals surface area contributed by atoms with Gasteiger partial charge in [-0.25, -0.2) is 4.98 Å². The Hall–Kier alpha value is -1.40. The number of alkyl halides is 5. The van der Waals surface area contributed by atoms with E-state index in [2.05, 4.69) is 9.72 Å². The lowest BCUT2D eigenvalue weighted by molar-refractivity contribution is -0.141. The molecule has 1 rings (SSSR count). The Morgan fingerprint density at radius 1 is 1.21 bits per heavy atom. The van der Waals surface area contributed by atoms with Gasteiger partial charge in [0.1, 0.15) is 11.4 Å². The van der Waals surface area contributed by atoms with Crippen LogP contribution >= 0.6 is 0 Å². The van der Waals surface area contributed by atoms with Crippen LogP contribution in [0.5, 0.6) is 5.75 Å². The van der Waals surface area contributed by atoms with Gasteiger partial charge in [0.05, 0.1) is 6.20 Å². The molecule has 0 radical (unpaired) electrons. The van der Waals surface area contributed by atoms with E-state index in [-0.39, 0.29) is 0 Å². The average molecular weight is 213 g/mol. The molecule has 1 aromatic heterocycles. The van der Waals surface area contributed by atoms with Crippen molar-refractivity contribution in [2.75, 3.05) is 0 Å². The van der Waals surface area contributed by atoms with Gasteiger partial charge in [-0.05, 0) is 12.1 Å². The third-order valence-corrected chi connectivity index (χ3v) is 1.25. The molecule has 7 heteroatoms. The highest BCUT2D eigenvalue weighted by Crippen LogP contribution is 2.28. The Balaban J connectivity index is 2.79. The smallest absolute Gasteiger partial charge is 0.433 e. The molecular formula is C7H4F5NO. The zero-order valence-corrected chi connectivity index (χ0v) is 6.55. The molecule has 0 spiro atoms. The predicted molar refractivity (Wildman–Crippen MR) is 35.9 cm³/mol. The molecule has 2 nitrogen and oxygen atoms in total. The molecule has 0 amide bonds. The maximum absolute atomic E-state index is 11.9. The molecule has 14 heavy (non-hydrogen) atoms. The molecule has 0 atom stereocenters. The van der Waals surface area contributed by atoms with Gasteiger partial charge in [0.15, 0.2) is 0 Å². The second kappa shape index (κ2) is 3.77. The van der Waals surface area contributed by atoms with Gasteiger partial charge < -0.3 is 4.74 Å². The Morgan fingerprint density at radius 3 is 2.21 bits per heavy atom. The normalized spacial score (nSPS) is 11.9. The molecule has 0 N–H and O–H groups in total. The molecule has 0 unspecified atom stereocenters. The van der Waals surface area contributed by atoms with E-state index in [4.69, 9.17) is 0 Å². The van der Waals surface area contributed by atoms with E-state index >= 15 is 0 Å². The van der Waals surface area contributed by atoms with Crippen LogP contribution in [0.1, 0.15) is 5.69 Å². The molecule has 1 heterocycles. The van der Waals surface area contributed by atoms with E-state index in [1.165, 1.54) is 0 Å². The summed E-state index contributed by atoms with van der Waals surface area (Å²) < 4.78 is 62.8. The van der Waals surface area contributed by atoms with E-state index in [0.717, 1.165) is 6.07 Å². The lowest BCUT2D eigenvalue weighted by atomic mass is 10.3. The zero-order valence-electron chi connectivity index (χ0n) is 6.55. The van der Waals surface area contributed by atoms with Crippen LogP contribution in [0.4, 0.5) is 22.0 Å². The van der Waals surface area contributed by atoms with Crippen molar-refractivity contribution >= 4 is 0 Å². The lowest BCUT2D eigenvalue weighted by Gasteiger charge is -2.06. The van der Waals surface area contributed by atoms with Gasteiger partial charge in [0, 0.05) is 0 Å². The first-order valence-corrected chi connectivity index (χ1v) is 3.37. The quantitative estimate of drug-likeness (QED) is 0.704. The van der Waals surface area contributed by atoms with Crippen molar-refractivity contribution in [1.29, 1.82) is 0 Å². The Bertz CT molecular complexity index is 294. The Kier molecular flexibility index (Phi) is 2.87. The van der Waals surface area contributed by atoms with E-state index < -0.39 is 24.2 Å². The third kappa shape index (κ3) is 2.82. The molecule has 78 valence electrons. The lowest BCUT2D eigenvalue weighted by Crippen LogP contribution is -2.08. The van der Waals surface area contributed by atoms with Crippen molar-refractivity contribution in [3.05, 3.63) is 24.0 Å². The van der Waals surface area contributed by atoms with E-state index in [0.29, 0.717) is 12.3 Å². The summed E-state index contributed by atoms with van der Waals surface area (Å²) in [5.41, 5.74) is -1.15. The summed E-state index contributed by atoms with van der Waals surface area (Å²) >= 11 is 0. The Morgan fingerprint density at radius 2 is 1.86 bits per heavy atom. The van der Waals surface area contributed by atoms with Crippen LogP contribution in [0, 0.1) is 0 Å². The molecular weight excluding hydrogens is 209 g/mol. The van der Waals surface area contributed by atoms with Gasteiger partial charge in [-0.15, -0.1) is 0 Å². The molecule has 0 aliphatic carbocycles. The highest BCUT2D eigenvalue weighted by atomic mass is 19.4. The summed E-state index contributed by atoms with van der Waals surface area (Å²) in [4.78, 5) is 2.92. The summed E-state index contributed by atoms with van der Waals surface area (Å²) in [5, 5.41) is 0. The van der Waals surface area contributed by atoms with Crippen LogP contribution in [0.25, 0.3) is 0 Å². The largest absolute Gasteiger partial charge is 0.433 e. The van der Waals surface area contributed by atoms with Crippen LogP contribution in [0.2, 0.25) is 0 Å². The number of nitrogens with zero attached hydrogens (tertiary/aromatic N) is 1. The monoisotopic (exact) mass is 213 g/mol. The predicted octanol–water partition coefficient (Wildman–Crippen LogP) is 2.70. The summed E-state index contributed by atoms with van der Waals surface area (Å²) in [6, 6.07) is 1.35. The van der Waals surface area contributed by atoms with Crippen LogP contribution in [0.15, 0.2) is 18.3 Å². The zero-order chi connectivity index (χ0) is 10.8. The van der Waals surface area contributed by atoms with Crippen molar-refractivity contribution < 1.29 is 26.7 Å². The molecule has 0 aromatic carbocycles. The van der Waals surface area contributed by atoms with Gasteiger partial charge in [-0.3, -0.25) is 0 Å². The van der Waals surface area contributed by atoms with Crippen molar-refractivity contribution in [3.8, 4) is 5.75 Å². The van der Waals surface area contributed by atoms with Gasteiger partial charge in [0.25, 0.3) is 0 Å². The second-order valence-electron chi connectivity index (χ2n) is 2.26. The highest BCUT2D eigenvalue weighted by molar-refractivity contribution is 5.21. The van der Waals surface area contributed by atoms with Crippen LogP contribution in [-0.2, 0) is 6.18 Å². The topological polar surface area (TPSA) is 22.1 Å². The number of aromatic nitrogens is 1. The summed E-state index contributed by atoms with van der Waals surface area (Å²) in [6.07, 6.45) is -3.99. The molecule has 1 aromatic rings. The number of rotatable bonds is 2. The van der Waals surface area contributed by atoms with Crippen LogP contribution < -0.4 is 4.74 Å².